The summed E-state index contributed by atoms with van der Waals surface area (Å²) in [6.45, 7) is 11.3. The highest BCUT2D eigenvalue weighted by Crippen LogP contribution is 2.53. The van der Waals surface area contributed by atoms with E-state index in [0.29, 0.717) is 11.3 Å². The van der Waals surface area contributed by atoms with Crippen LogP contribution in [-0.4, -0.2) is 73.0 Å². The topological polar surface area (TPSA) is 157 Å². The Labute approximate surface area is 222 Å². The van der Waals surface area contributed by atoms with Crippen LogP contribution < -0.4 is 11.3 Å². The van der Waals surface area contributed by atoms with Crippen LogP contribution in [0.3, 0.4) is 0 Å². The Kier molecular flexibility index (Phi) is 6.61. The summed E-state index contributed by atoms with van der Waals surface area (Å²) in [6.07, 6.45) is 0.435. The van der Waals surface area contributed by atoms with E-state index in [9.17, 15) is 28.8 Å². The number of carbonyl (C=O) groups excluding carboxylic acids is 5. The summed E-state index contributed by atoms with van der Waals surface area (Å²) in [4.78, 5) is 85.8. The van der Waals surface area contributed by atoms with Gasteiger partial charge in [-0.1, -0.05) is 20.8 Å². The maximum atomic E-state index is 14.6. The van der Waals surface area contributed by atoms with Crippen molar-refractivity contribution in [2.45, 2.75) is 70.3 Å². The van der Waals surface area contributed by atoms with Gasteiger partial charge in [0.15, 0.2) is 43.0 Å². The van der Waals surface area contributed by atoms with E-state index < -0.39 is 83.3 Å². The molecule has 3 N–H and O–H groups in total. The minimum absolute atomic E-state index is 0.0823. The second kappa shape index (κ2) is 8.89. The molecule has 2 saturated carbocycles. The number of primary amides is 1. The lowest BCUT2D eigenvalue weighted by Crippen LogP contribution is -2.76. The molecule has 1 aromatic heterocycles. The Morgan fingerprint density at radius 3 is 2.26 bits per heavy atom. The fourth-order valence-electron chi connectivity index (χ4n) is 6.40. The van der Waals surface area contributed by atoms with Crippen molar-refractivity contribution in [2.24, 2.45) is 29.4 Å². The number of H-pyrrole nitrogens is 1. The predicted molar refractivity (Wildman–Crippen MR) is 141 cm³/mol. The van der Waals surface area contributed by atoms with E-state index in [-0.39, 0.29) is 18.4 Å². The Balaban J connectivity index is 2.00. The van der Waals surface area contributed by atoms with Gasteiger partial charge < -0.3 is 15.1 Å². The number of aromatic amines is 1. The third kappa shape index (κ3) is 3.89. The summed E-state index contributed by atoms with van der Waals surface area (Å²) >= 11 is 0. The average Bonchev–Trinajstić information content (AvgIpc) is 2.73. The molecule has 1 amide bonds. The van der Waals surface area contributed by atoms with Gasteiger partial charge in [0.25, 0.3) is 5.56 Å². The molecule has 1 heterocycles. The van der Waals surface area contributed by atoms with E-state index >= 15 is 0 Å². The highest BCUT2D eigenvalue weighted by Gasteiger charge is 2.72. The second-order valence-electron chi connectivity index (χ2n) is 12.8. The van der Waals surface area contributed by atoms with E-state index in [0.717, 1.165) is 0 Å². The van der Waals surface area contributed by atoms with Crippen LogP contribution in [0.1, 0.15) is 48.8 Å². The number of rotatable bonds is 4. The molecule has 1 aromatic rings. The van der Waals surface area contributed by atoms with Crippen molar-refractivity contribution < 1.29 is 28.4 Å². The number of aromatic nitrogens is 1. The lowest BCUT2D eigenvalue weighted by molar-refractivity contribution is -0.178. The molecule has 4 rings (SSSR count). The first kappa shape index (κ1) is 28.3. The number of hydrogen-bond acceptors (Lipinski definition) is 8. The number of Topliss-reactive ketones (excluding diaryl/α,β-unsaturated/α-hetero) is 4. The SMILES string of the molecule is Cc1cc2c(c(=O)[nH]1)C(=O)C1C(=O)[C@]3(O[Si](C)(C)C(C)(C)C)C(=O)C(C(N)=O)C(=O)[C@@H](N(C)C)[C@@H]3C[C@@H]1C2. The number of ketones is 4. The summed E-state index contributed by atoms with van der Waals surface area (Å²) in [5, 5.41) is -0.446. The van der Waals surface area contributed by atoms with Crippen molar-refractivity contribution in [3.05, 3.63) is 33.2 Å². The number of nitrogens with zero attached hydrogens (tertiary/aromatic N) is 1. The zero-order valence-electron chi connectivity index (χ0n) is 23.3. The average molecular weight is 544 g/mol. The van der Waals surface area contributed by atoms with Crippen LogP contribution in [0.5, 0.6) is 0 Å². The summed E-state index contributed by atoms with van der Waals surface area (Å²) < 4.78 is 6.72. The Hall–Kier alpha value is -2.76. The van der Waals surface area contributed by atoms with Crippen LogP contribution in [0, 0.1) is 30.6 Å². The minimum Gasteiger partial charge on any atom is -0.398 e. The molecular weight excluding hydrogens is 506 g/mol. The molecule has 0 saturated heterocycles. The molecule has 11 heteroatoms. The summed E-state index contributed by atoms with van der Waals surface area (Å²) in [6, 6.07) is 0.727. The number of fused-ring (bicyclic) bond motifs is 3. The summed E-state index contributed by atoms with van der Waals surface area (Å²) in [5.41, 5.74) is 3.85. The van der Waals surface area contributed by atoms with Crippen molar-refractivity contribution in [1.82, 2.24) is 9.88 Å². The van der Waals surface area contributed by atoms with E-state index in [1.54, 1.807) is 32.0 Å². The molecule has 0 bridgehead atoms. The molecule has 2 unspecified atom stereocenters. The maximum absolute atomic E-state index is 14.6. The van der Waals surface area contributed by atoms with Gasteiger partial charge in [-0.25, -0.2) is 0 Å². The van der Waals surface area contributed by atoms with Crippen LogP contribution >= 0.6 is 0 Å². The Morgan fingerprint density at radius 2 is 1.74 bits per heavy atom. The van der Waals surface area contributed by atoms with Gasteiger partial charge in [0.05, 0.1) is 17.5 Å². The van der Waals surface area contributed by atoms with Gasteiger partial charge in [-0.2, -0.15) is 0 Å². The molecule has 0 aromatic carbocycles. The number of carbonyl (C=O) groups is 5. The first-order chi connectivity index (χ1) is 17.4. The number of hydrogen-bond donors (Lipinski definition) is 2. The lowest BCUT2D eigenvalue weighted by atomic mass is 9.52. The normalized spacial score (nSPS) is 31.7. The van der Waals surface area contributed by atoms with Crippen LogP contribution in [0.25, 0.3) is 0 Å². The van der Waals surface area contributed by atoms with Gasteiger partial charge >= 0.3 is 0 Å². The molecule has 206 valence electrons. The standard InChI is InChI=1S/C27H37N3O7Si/c1-12-9-13-10-14-11-15-19(30(5)6)21(32)18(24(28)35)23(34)27(15,37-38(7,8)26(2,3)4)22(33)16(14)20(31)17(13)25(36)29-12/h9,14-16,18-19H,10-11H2,1-8H3,(H2,28,35)(H,29,36)/t14-,15-,16?,18?,19-,27-/m0/s1. The van der Waals surface area contributed by atoms with Crippen LogP contribution in [0.2, 0.25) is 18.1 Å². The van der Waals surface area contributed by atoms with Gasteiger partial charge in [-0.3, -0.25) is 33.7 Å². The van der Waals surface area contributed by atoms with Gasteiger partial charge in [0.2, 0.25) is 5.91 Å². The molecule has 10 nitrogen and oxygen atoms in total. The van der Waals surface area contributed by atoms with Crippen molar-refractivity contribution in [1.29, 1.82) is 0 Å². The first-order valence-corrected chi connectivity index (χ1v) is 15.8. The zero-order chi connectivity index (χ0) is 28.7. The van der Waals surface area contributed by atoms with Crippen LogP contribution in [0.4, 0.5) is 0 Å². The van der Waals surface area contributed by atoms with Gasteiger partial charge in [-0.05, 0) is 69.5 Å². The number of aryl methyl sites for hydroxylation is 1. The molecule has 0 radical (unpaired) electrons. The largest absolute Gasteiger partial charge is 0.398 e. The molecule has 6 atom stereocenters. The van der Waals surface area contributed by atoms with Crippen molar-refractivity contribution in [3.8, 4) is 0 Å². The zero-order valence-corrected chi connectivity index (χ0v) is 24.3. The smallest absolute Gasteiger partial charge is 0.259 e. The Bertz CT molecular complexity index is 1320. The minimum atomic E-state index is -2.92. The third-order valence-corrected chi connectivity index (χ3v) is 13.6. The van der Waals surface area contributed by atoms with Gasteiger partial charge in [0, 0.05) is 11.6 Å². The number of likely N-dealkylation sites (N-methyl/N-ethyl adjacent to an activating group) is 1. The summed E-state index contributed by atoms with van der Waals surface area (Å²) in [7, 11) is 0.379. The first-order valence-electron chi connectivity index (χ1n) is 12.9. The number of nitrogens with one attached hydrogen (secondary N) is 1. The maximum Gasteiger partial charge on any atom is 0.259 e. The number of pyridine rings is 1. The quantitative estimate of drug-likeness (QED) is 0.424. The highest BCUT2D eigenvalue weighted by atomic mass is 28.4. The Morgan fingerprint density at radius 1 is 1.13 bits per heavy atom. The van der Waals surface area contributed by atoms with E-state index in [1.165, 1.54) is 0 Å². The molecule has 2 fully saturated rings. The monoisotopic (exact) mass is 543 g/mol. The highest BCUT2D eigenvalue weighted by molar-refractivity contribution is 6.74. The van der Waals surface area contributed by atoms with Crippen molar-refractivity contribution in [3.63, 3.8) is 0 Å². The lowest BCUT2D eigenvalue weighted by Gasteiger charge is -2.57. The number of nitrogens with two attached hydrogens (primary N) is 1. The molecule has 0 aliphatic heterocycles. The van der Waals surface area contributed by atoms with E-state index in [2.05, 4.69) is 4.98 Å². The van der Waals surface area contributed by atoms with E-state index in [4.69, 9.17) is 10.2 Å². The molecule has 3 aliphatic carbocycles. The van der Waals surface area contributed by atoms with Crippen LogP contribution in [-0.2, 0) is 30.0 Å². The van der Waals surface area contributed by atoms with Gasteiger partial charge in [0.1, 0.15) is 0 Å². The molecular formula is C27H37N3O7Si. The molecule has 0 spiro atoms. The third-order valence-electron chi connectivity index (χ3n) is 9.11. The number of amides is 1. The van der Waals surface area contributed by atoms with Crippen molar-refractivity contribution in [2.75, 3.05) is 14.1 Å². The van der Waals surface area contributed by atoms with E-state index in [1.807, 2.05) is 33.9 Å². The fraction of sp³-hybridized carbons (Fsp3) is 0.630. The summed E-state index contributed by atoms with van der Waals surface area (Å²) in [5.74, 6) is -8.84. The predicted octanol–water partition coefficient (Wildman–Crippen LogP) is 1.19. The molecule has 38 heavy (non-hydrogen) atoms. The fourth-order valence-corrected chi connectivity index (χ4v) is 7.86. The molecule has 3 aliphatic rings. The van der Waals surface area contributed by atoms with Crippen LogP contribution in [0.15, 0.2) is 10.9 Å². The van der Waals surface area contributed by atoms with Gasteiger partial charge in [-0.15, -0.1) is 0 Å². The van der Waals surface area contributed by atoms with Crippen molar-refractivity contribution >= 4 is 37.4 Å². The second-order valence-corrected chi connectivity index (χ2v) is 17.5.